The monoisotopic (exact) mass is 415 g/mol. The van der Waals surface area contributed by atoms with Crippen LogP contribution in [0.2, 0.25) is 0 Å². The topological polar surface area (TPSA) is 42.6 Å². The molecule has 0 aliphatic rings. The van der Waals surface area contributed by atoms with Gasteiger partial charge in [0.15, 0.2) is 23.7 Å². The standard InChI is InChI=1S/C28H23N4/c1-20-11-9-10-16-24(20)25-18-17-23(19-32(25)2)28-30-26(21-12-5-3-6-13-21)29-27(31-28)22-14-7-4-8-15-22/h3-19H,1-2H3/q+1. The molecule has 5 aromatic rings. The van der Waals surface area contributed by atoms with Crippen LogP contribution in [0, 0.1) is 6.92 Å². The zero-order valence-corrected chi connectivity index (χ0v) is 18.1. The summed E-state index contributed by atoms with van der Waals surface area (Å²) >= 11 is 0. The van der Waals surface area contributed by atoms with Gasteiger partial charge in [0.1, 0.15) is 7.05 Å². The third-order valence-electron chi connectivity index (χ3n) is 5.51. The van der Waals surface area contributed by atoms with E-state index in [1.165, 1.54) is 11.1 Å². The molecule has 154 valence electrons. The fraction of sp³-hybridized carbons (Fsp3) is 0.0714. The molecule has 3 aromatic carbocycles. The summed E-state index contributed by atoms with van der Waals surface area (Å²) < 4.78 is 2.13. The van der Waals surface area contributed by atoms with E-state index in [2.05, 4.69) is 61.1 Å². The lowest BCUT2D eigenvalue weighted by Gasteiger charge is -2.09. The number of hydrogen-bond donors (Lipinski definition) is 0. The number of hydrogen-bond acceptors (Lipinski definition) is 3. The number of nitrogens with zero attached hydrogens (tertiary/aromatic N) is 4. The summed E-state index contributed by atoms with van der Waals surface area (Å²) in [6, 6.07) is 32.7. The zero-order valence-electron chi connectivity index (χ0n) is 18.1. The van der Waals surface area contributed by atoms with Gasteiger partial charge >= 0.3 is 0 Å². The smallest absolute Gasteiger partial charge is 0.208 e. The Morgan fingerprint density at radius 1 is 0.531 bits per heavy atom. The first-order valence-electron chi connectivity index (χ1n) is 10.6. The Morgan fingerprint density at radius 2 is 1.03 bits per heavy atom. The third-order valence-corrected chi connectivity index (χ3v) is 5.51. The highest BCUT2D eigenvalue weighted by atomic mass is 15.0. The first-order chi connectivity index (χ1) is 15.7. The fourth-order valence-corrected chi connectivity index (χ4v) is 3.82. The molecule has 0 unspecified atom stereocenters. The molecule has 0 N–H and O–H groups in total. The molecule has 2 heterocycles. The molecule has 0 saturated heterocycles. The molecule has 0 amide bonds. The van der Waals surface area contributed by atoms with E-state index in [0.717, 1.165) is 22.4 Å². The van der Waals surface area contributed by atoms with Crippen molar-refractivity contribution in [2.75, 3.05) is 0 Å². The lowest BCUT2D eigenvalue weighted by Crippen LogP contribution is -2.31. The van der Waals surface area contributed by atoms with Crippen LogP contribution in [0.25, 0.3) is 45.4 Å². The Bertz CT molecular complexity index is 1320. The Morgan fingerprint density at radius 3 is 1.56 bits per heavy atom. The first kappa shape index (κ1) is 19.8. The maximum Gasteiger partial charge on any atom is 0.212 e. The van der Waals surface area contributed by atoms with Gasteiger partial charge in [-0.15, -0.1) is 0 Å². The zero-order chi connectivity index (χ0) is 21.9. The van der Waals surface area contributed by atoms with Gasteiger partial charge in [-0.3, -0.25) is 0 Å². The second kappa shape index (κ2) is 8.52. The first-order valence-corrected chi connectivity index (χ1v) is 10.6. The molecule has 0 bridgehead atoms. The molecule has 0 saturated carbocycles. The highest BCUT2D eigenvalue weighted by molar-refractivity contribution is 5.67. The summed E-state index contributed by atoms with van der Waals surface area (Å²) in [7, 11) is 2.06. The van der Waals surface area contributed by atoms with E-state index in [9.17, 15) is 0 Å². The van der Waals surface area contributed by atoms with Crippen LogP contribution in [0.3, 0.4) is 0 Å². The van der Waals surface area contributed by atoms with E-state index < -0.39 is 0 Å². The van der Waals surface area contributed by atoms with E-state index in [-0.39, 0.29) is 0 Å². The van der Waals surface area contributed by atoms with Crippen LogP contribution in [-0.2, 0) is 7.05 Å². The predicted octanol–water partition coefficient (Wildman–Crippen LogP) is 5.67. The summed E-state index contributed by atoms with van der Waals surface area (Å²) in [4.78, 5) is 14.4. The van der Waals surface area contributed by atoms with Crippen molar-refractivity contribution in [2.45, 2.75) is 6.92 Å². The largest absolute Gasteiger partial charge is 0.212 e. The van der Waals surface area contributed by atoms with E-state index in [0.29, 0.717) is 17.5 Å². The van der Waals surface area contributed by atoms with Crippen LogP contribution in [0.1, 0.15) is 5.56 Å². The number of benzene rings is 3. The second-order valence-electron chi connectivity index (χ2n) is 7.77. The molecule has 2 aromatic heterocycles. The molecule has 5 rings (SSSR count). The lowest BCUT2D eigenvalue weighted by atomic mass is 10.0. The molecular formula is C28H23N4+. The van der Waals surface area contributed by atoms with E-state index >= 15 is 0 Å². The van der Waals surface area contributed by atoms with Crippen LogP contribution < -0.4 is 4.57 Å². The second-order valence-corrected chi connectivity index (χ2v) is 7.77. The average molecular weight is 416 g/mol. The number of rotatable bonds is 4. The van der Waals surface area contributed by atoms with Crippen molar-refractivity contribution in [3.05, 3.63) is 109 Å². The SMILES string of the molecule is Cc1ccccc1-c1ccc(-c2nc(-c3ccccc3)nc(-c3ccccc3)n2)c[n+]1C. The van der Waals surface area contributed by atoms with Crippen molar-refractivity contribution >= 4 is 0 Å². The molecule has 0 aliphatic heterocycles. The van der Waals surface area contributed by atoms with Crippen LogP contribution in [-0.4, -0.2) is 15.0 Å². The van der Waals surface area contributed by atoms with Gasteiger partial charge in [0.25, 0.3) is 0 Å². The molecule has 4 nitrogen and oxygen atoms in total. The van der Waals surface area contributed by atoms with Gasteiger partial charge in [-0.25, -0.2) is 19.5 Å². The predicted molar refractivity (Wildman–Crippen MR) is 127 cm³/mol. The Kier molecular flexibility index (Phi) is 5.26. The molecular weight excluding hydrogens is 392 g/mol. The minimum Gasteiger partial charge on any atom is -0.208 e. The van der Waals surface area contributed by atoms with Gasteiger partial charge in [-0.1, -0.05) is 78.9 Å². The van der Waals surface area contributed by atoms with Gasteiger partial charge < -0.3 is 0 Å². The van der Waals surface area contributed by atoms with Crippen molar-refractivity contribution in [3.8, 4) is 45.4 Å². The van der Waals surface area contributed by atoms with Crippen molar-refractivity contribution in [3.63, 3.8) is 0 Å². The van der Waals surface area contributed by atoms with Crippen molar-refractivity contribution in [2.24, 2.45) is 7.05 Å². The Balaban J connectivity index is 1.64. The highest BCUT2D eigenvalue weighted by Gasteiger charge is 2.17. The molecule has 32 heavy (non-hydrogen) atoms. The highest BCUT2D eigenvalue weighted by Crippen LogP contribution is 2.26. The Labute approximate surface area is 187 Å². The van der Waals surface area contributed by atoms with E-state index in [1.807, 2.05) is 60.7 Å². The summed E-state index contributed by atoms with van der Waals surface area (Å²) in [5.41, 5.74) is 6.48. The minimum absolute atomic E-state index is 0.657. The van der Waals surface area contributed by atoms with Gasteiger partial charge in [0, 0.05) is 22.8 Å². The molecule has 0 fully saturated rings. The molecule has 0 spiro atoms. The van der Waals surface area contributed by atoms with Crippen LogP contribution in [0.5, 0.6) is 0 Å². The average Bonchev–Trinajstić information content (AvgIpc) is 2.85. The van der Waals surface area contributed by atoms with Gasteiger partial charge in [-0.2, -0.15) is 0 Å². The quantitative estimate of drug-likeness (QED) is 0.355. The van der Waals surface area contributed by atoms with E-state index in [1.54, 1.807) is 0 Å². The van der Waals surface area contributed by atoms with Gasteiger partial charge in [-0.05, 0) is 24.6 Å². The molecule has 0 aliphatic carbocycles. The van der Waals surface area contributed by atoms with Crippen LogP contribution >= 0.6 is 0 Å². The summed E-state index contributed by atoms with van der Waals surface area (Å²) in [5, 5.41) is 0. The number of aryl methyl sites for hydroxylation is 2. The maximum atomic E-state index is 4.82. The minimum atomic E-state index is 0.657. The van der Waals surface area contributed by atoms with E-state index in [4.69, 9.17) is 15.0 Å². The number of pyridine rings is 1. The molecule has 4 heteroatoms. The fourth-order valence-electron chi connectivity index (χ4n) is 3.82. The molecule has 0 radical (unpaired) electrons. The Hall–Kier alpha value is -4.18. The summed E-state index contributed by atoms with van der Waals surface area (Å²) in [5.74, 6) is 1.99. The van der Waals surface area contributed by atoms with Crippen molar-refractivity contribution in [1.29, 1.82) is 0 Å². The number of aromatic nitrogens is 4. The summed E-state index contributed by atoms with van der Waals surface area (Å²) in [6.45, 7) is 2.13. The van der Waals surface area contributed by atoms with Gasteiger partial charge in [0.05, 0.1) is 5.56 Å². The third kappa shape index (κ3) is 3.91. The summed E-state index contributed by atoms with van der Waals surface area (Å²) in [6.07, 6.45) is 2.08. The van der Waals surface area contributed by atoms with Crippen molar-refractivity contribution < 1.29 is 4.57 Å². The van der Waals surface area contributed by atoms with Gasteiger partial charge in [0.2, 0.25) is 5.69 Å². The normalized spacial score (nSPS) is 10.8. The lowest BCUT2D eigenvalue weighted by molar-refractivity contribution is -0.659. The van der Waals surface area contributed by atoms with Crippen molar-refractivity contribution in [1.82, 2.24) is 15.0 Å². The maximum absolute atomic E-state index is 4.82. The van der Waals surface area contributed by atoms with Crippen LogP contribution in [0.15, 0.2) is 103 Å². The van der Waals surface area contributed by atoms with Crippen LogP contribution in [0.4, 0.5) is 0 Å². The molecule has 0 atom stereocenters.